The summed E-state index contributed by atoms with van der Waals surface area (Å²) in [5.74, 6) is -2.43. The van der Waals surface area contributed by atoms with E-state index in [1.807, 2.05) is 0 Å². The maximum absolute atomic E-state index is 10.8. The van der Waals surface area contributed by atoms with Crippen molar-refractivity contribution in [3.63, 3.8) is 0 Å². The van der Waals surface area contributed by atoms with Gasteiger partial charge < -0.3 is 15.9 Å². The second-order valence-electron chi connectivity index (χ2n) is 3.03. The summed E-state index contributed by atoms with van der Waals surface area (Å²) >= 11 is 0. The molecular weight excluding hydrogens is 284 g/mol. The van der Waals surface area contributed by atoms with E-state index in [9.17, 15) is 19.2 Å². The first kappa shape index (κ1) is 16.7. The van der Waals surface area contributed by atoms with Gasteiger partial charge in [0, 0.05) is 11.5 Å². The molecule has 102 valence electrons. The van der Waals surface area contributed by atoms with Crippen molar-refractivity contribution in [2.45, 2.75) is 12.1 Å². The SMILES string of the molecule is NC(CSSCC(C(=O)O)N(C=O)C=O)C(=O)O. The summed E-state index contributed by atoms with van der Waals surface area (Å²) in [6, 6.07) is -2.32. The number of nitrogens with zero attached hydrogens (tertiary/aromatic N) is 1. The normalized spacial score (nSPS) is 13.4. The second kappa shape index (κ2) is 8.78. The number of aliphatic carboxylic acids is 2. The molecule has 0 heterocycles. The summed E-state index contributed by atoms with van der Waals surface area (Å²) in [5.41, 5.74) is 5.23. The smallest absolute Gasteiger partial charge is 0.327 e. The molecule has 0 saturated heterocycles. The van der Waals surface area contributed by atoms with Crippen molar-refractivity contribution in [2.24, 2.45) is 5.73 Å². The molecule has 2 unspecified atom stereocenters. The van der Waals surface area contributed by atoms with Gasteiger partial charge in [0.2, 0.25) is 12.8 Å². The third-order valence-electron chi connectivity index (χ3n) is 1.76. The molecule has 0 aromatic rings. The largest absolute Gasteiger partial charge is 0.480 e. The van der Waals surface area contributed by atoms with Gasteiger partial charge in [-0.3, -0.25) is 19.3 Å². The fraction of sp³-hybridized carbons (Fsp3) is 0.500. The van der Waals surface area contributed by atoms with Gasteiger partial charge in [0.05, 0.1) is 0 Å². The van der Waals surface area contributed by atoms with E-state index < -0.39 is 24.0 Å². The quantitative estimate of drug-likeness (QED) is 0.259. The molecule has 0 aromatic heterocycles. The zero-order valence-corrected chi connectivity index (χ0v) is 10.7. The van der Waals surface area contributed by atoms with Gasteiger partial charge in [-0.25, -0.2) is 4.79 Å². The third-order valence-corrected chi connectivity index (χ3v) is 4.19. The van der Waals surface area contributed by atoms with Crippen molar-refractivity contribution in [1.82, 2.24) is 4.90 Å². The van der Waals surface area contributed by atoms with Crippen molar-refractivity contribution in [3.05, 3.63) is 0 Å². The van der Waals surface area contributed by atoms with Crippen LogP contribution in [-0.2, 0) is 19.2 Å². The maximum Gasteiger partial charge on any atom is 0.327 e. The van der Waals surface area contributed by atoms with Crippen LogP contribution in [0.5, 0.6) is 0 Å². The summed E-state index contributed by atoms with van der Waals surface area (Å²) in [7, 11) is 2.09. The molecule has 8 nitrogen and oxygen atoms in total. The molecule has 0 radical (unpaired) electrons. The Morgan fingerprint density at radius 2 is 1.61 bits per heavy atom. The van der Waals surface area contributed by atoms with Gasteiger partial charge in [0.15, 0.2) is 0 Å². The lowest BCUT2D eigenvalue weighted by Gasteiger charge is -2.18. The van der Waals surface area contributed by atoms with Crippen LogP contribution < -0.4 is 5.73 Å². The molecule has 2 atom stereocenters. The highest BCUT2D eigenvalue weighted by Crippen LogP contribution is 2.23. The molecule has 0 spiro atoms. The monoisotopic (exact) mass is 296 g/mol. The number of nitrogens with two attached hydrogens (primary N) is 1. The van der Waals surface area contributed by atoms with Crippen molar-refractivity contribution in [3.8, 4) is 0 Å². The molecule has 0 aliphatic rings. The number of imide groups is 1. The number of amides is 2. The van der Waals surface area contributed by atoms with Crippen molar-refractivity contribution in [1.29, 1.82) is 0 Å². The number of hydrogen-bond donors (Lipinski definition) is 3. The lowest BCUT2D eigenvalue weighted by atomic mass is 10.3. The minimum Gasteiger partial charge on any atom is -0.480 e. The number of carbonyl (C=O) groups excluding carboxylic acids is 2. The average Bonchev–Trinajstić information content (AvgIpc) is 2.32. The first-order valence-electron chi connectivity index (χ1n) is 4.57. The van der Waals surface area contributed by atoms with Crippen molar-refractivity contribution >= 4 is 46.3 Å². The van der Waals surface area contributed by atoms with E-state index in [1.165, 1.54) is 0 Å². The highest BCUT2D eigenvalue weighted by molar-refractivity contribution is 8.76. The lowest BCUT2D eigenvalue weighted by molar-refractivity contribution is -0.148. The molecule has 0 fully saturated rings. The van der Waals surface area contributed by atoms with E-state index in [0.717, 1.165) is 21.6 Å². The lowest BCUT2D eigenvalue weighted by Crippen LogP contribution is -2.41. The van der Waals surface area contributed by atoms with Crippen LogP contribution in [0.4, 0.5) is 0 Å². The van der Waals surface area contributed by atoms with Crippen LogP contribution in [0.2, 0.25) is 0 Å². The molecule has 0 rings (SSSR count). The molecule has 0 aliphatic carbocycles. The molecule has 4 N–H and O–H groups in total. The Morgan fingerprint density at radius 3 is 2.00 bits per heavy atom. The van der Waals surface area contributed by atoms with Crippen LogP contribution in [-0.4, -0.2) is 63.5 Å². The van der Waals surface area contributed by atoms with Gasteiger partial charge in [-0.1, -0.05) is 21.6 Å². The van der Waals surface area contributed by atoms with E-state index in [-0.39, 0.29) is 24.3 Å². The van der Waals surface area contributed by atoms with Crippen LogP contribution >= 0.6 is 21.6 Å². The Hall–Kier alpha value is -1.26. The fourth-order valence-corrected chi connectivity index (χ4v) is 3.09. The number of carbonyl (C=O) groups is 4. The Kier molecular flexibility index (Phi) is 8.16. The molecule has 0 bridgehead atoms. The average molecular weight is 296 g/mol. The van der Waals surface area contributed by atoms with Gasteiger partial charge in [0.1, 0.15) is 12.1 Å². The standard InChI is InChI=1S/C8H12N2O6S2/c9-5(7(13)14)1-17-18-2-6(8(15)16)10(3-11)4-12/h3-6H,1-2,9H2,(H,13,14)(H,15,16). The summed E-state index contributed by atoms with van der Waals surface area (Å²) in [6.07, 6.45) is 0.250. The minimum absolute atomic E-state index is 0.0518. The summed E-state index contributed by atoms with van der Waals surface area (Å²) in [5, 5.41) is 17.3. The van der Waals surface area contributed by atoms with E-state index in [0.29, 0.717) is 4.90 Å². The molecular formula is C8H12N2O6S2. The van der Waals surface area contributed by atoms with Gasteiger partial charge in [0.25, 0.3) is 0 Å². The molecule has 18 heavy (non-hydrogen) atoms. The van der Waals surface area contributed by atoms with Crippen LogP contribution in [0.3, 0.4) is 0 Å². The molecule has 0 saturated carbocycles. The van der Waals surface area contributed by atoms with E-state index in [1.54, 1.807) is 0 Å². The maximum atomic E-state index is 10.8. The van der Waals surface area contributed by atoms with Crippen LogP contribution in [0.25, 0.3) is 0 Å². The van der Waals surface area contributed by atoms with Gasteiger partial charge >= 0.3 is 11.9 Å². The third kappa shape index (κ3) is 5.89. The van der Waals surface area contributed by atoms with Gasteiger partial charge in [-0.15, -0.1) is 0 Å². The highest BCUT2D eigenvalue weighted by Gasteiger charge is 2.24. The molecule has 2 amide bonds. The molecule has 10 heteroatoms. The highest BCUT2D eigenvalue weighted by atomic mass is 33.1. The van der Waals surface area contributed by atoms with Crippen LogP contribution in [0.1, 0.15) is 0 Å². The van der Waals surface area contributed by atoms with Crippen LogP contribution in [0.15, 0.2) is 0 Å². The van der Waals surface area contributed by atoms with Crippen molar-refractivity contribution < 1.29 is 29.4 Å². The predicted octanol–water partition coefficient (Wildman–Crippen LogP) is -1.15. The molecule has 0 aliphatic heterocycles. The van der Waals surface area contributed by atoms with Crippen LogP contribution in [0, 0.1) is 0 Å². The number of hydrogen-bond acceptors (Lipinski definition) is 7. The molecule has 0 aromatic carbocycles. The van der Waals surface area contributed by atoms with Crippen molar-refractivity contribution in [2.75, 3.05) is 11.5 Å². The topological polar surface area (TPSA) is 138 Å². The Balaban J connectivity index is 4.13. The number of rotatable bonds is 10. The summed E-state index contributed by atoms with van der Waals surface area (Å²) < 4.78 is 0. The Bertz CT molecular complexity index is 319. The second-order valence-corrected chi connectivity index (χ2v) is 5.58. The summed E-state index contributed by atoms with van der Waals surface area (Å²) in [6.45, 7) is 0. The first-order chi connectivity index (χ1) is 8.43. The predicted molar refractivity (Wildman–Crippen MR) is 65.9 cm³/mol. The number of carboxylic acids is 2. The Labute approximate surface area is 110 Å². The van der Waals surface area contributed by atoms with E-state index in [2.05, 4.69) is 0 Å². The Morgan fingerprint density at radius 1 is 1.11 bits per heavy atom. The summed E-state index contributed by atoms with van der Waals surface area (Å²) in [4.78, 5) is 42.5. The zero-order valence-electron chi connectivity index (χ0n) is 9.09. The van der Waals surface area contributed by atoms with E-state index >= 15 is 0 Å². The fourth-order valence-electron chi connectivity index (χ4n) is 0.762. The van der Waals surface area contributed by atoms with E-state index in [4.69, 9.17) is 15.9 Å². The van der Waals surface area contributed by atoms with Gasteiger partial charge in [-0.2, -0.15) is 0 Å². The minimum atomic E-state index is -1.31. The number of carboxylic acid groups (broad SMARTS) is 2. The first-order valence-corrected chi connectivity index (χ1v) is 7.06. The van der Waals surface area contributed by atoms with Gasteiger partial charge in [-0.05, 0) is 0 Å². The zero-order chi connectivity index (χ0) is 14.1.